The van der Waals surface area contributed by atoms with Gasteiger partial charge in [0.15, 0.2) is 0 Å². The second-order valence-corrected chi connectivity index (χ2v) is 6.47. The maximum Gasteiger partial charge on any atom is 0.125 e. The van der Waals surface area contributed by atoms with E-state index in [1.807, 2.05) is 19.9 Å². The molecular formula is C15H22FN3. The molecule has 19 heavy (non-hydrogen) atoms. The zero-order valence-corrected chi connectivity index (χ0v) is 11.7. The Balaban J connectivity index is 1.93. The summed E-state index contributed by atoms with van der Waals surface area (Å²) < 4.78 is 13.5. The zero-order chi connectivity index (χ0) is 13.6. The molecule has 0 aromatic heterocycles. The van der Waals surface area contributed by atoms with Crippen molar-refractivity contribution in [3.8, 4) is 0 Å². The minimum atomic E-state index is -0.243. The fourth-order valence-electron chi connectivity index (χ4n) is 2.89. The number of rotatable bonds is 3. The topological polar surface area (TPSA) is 32.5 Å². The minimum Gasteiger partial charge on any atom is -0.366 e. The van der Waals surface area contributed by atoms with Crippen LogP contribution in [0.5, 0.6) is 0 Å². The van der Waals surface area contributed by atoms with Crippen molar-refractivity contribution in [1.82, 2.24) is 0 Å². The molecule has 0 unspecified atom stereocenters. The van der Waals surface area contributed by atoms with E-state index < -0.39 is 0 Å². The Kier molecular flexibility index (Phi) is 2.93. The van der Waals surface area contributed by atoms with E-state index in [0.29, 0.717) is 6.04 Å². The standard InChI is InChI=1S/C15H22FN3/c1-15(2,17)10-18-7-8-19(12-4-5-12)14-9-11(16)3-6-13(14)18/h3,6,9,12H,4-5,7-8,10,17H2,1-2H3. The van der Waals surface area contributed by atoms with Crippen molar-refractivity contribution in [3.63, 3.8) is 0 Å². The first kappa shape index (κ1) is 12.7. The van der Waals surface area contributed by atoms with Crippen LogP contribution in [0.4, 0.5) is 15.8 Å². The first-order valence-electron chi connectivity index (χ1n) is 7.04. The lowest BCUT2D eigenvalue weighted by molar-refractivity contribution is 0.499. The van der Waals surface area contributed by atoms with Gasteiger partial charge in [-0.25, -0.2) is 4.39 Å². The Labute approximate surface area is 114 Å². The van der Waals surface area contributed by atoms with Crippen LogP contribution < -0.4 is 15.5 Å². The van der Waals surface area contributed by atoms with Crippen molar-refractivity contribution >= 4 is 11.4 Å². The summed E-state index contributed by atoms with van der Waals surface area (Å²) in [6.07, 6.45) is 2.47. The van der Waals surface area contributed by atoms with Crippen LogP contribution in [0.1, 0.15) is 26.7 Å². The molecule has 1 fully saturated rings. The number of benzene rings is 1. The number of nitrogens with zero attached hydrogens (tertiary/aromatic N) is 2. The molecule has 0 atom stereocenters. The molecule has 3 nitrogen and oxygen atoms in total. The highest BCUT2D eigenvalue weighted by Gasteiger charge is 2.34. The zero-order valence-electron chi connectivity index (χ0n) is 11.7. The molecule has 104 valence electrons. The molecule has 1 aliphatic carbocycles. The second kappa shape index (κ2) is 4.37. The minimum absolute atomic E-state index is 0.154. The van der Waals surface area contributed by atoms with Crippen LogP contribution in [0.25, 0.3) is 0 Å². The second-order valence-electron chi connectivity index (χ2n) is 6.47. The summed E-state index contributed by atoms with van der Waals surface area (Å²) in [4.78, 5) is 4.64. The van der Waals surface area contributed by atoms with Gasteiger partial charge in [0.05, 0.1) is 11.4 Å². The van der Waals surface area contributed by atoms with E-state index in [0.717, 1.165) is 31.0 Å². The summed E-state index contributed by atoms with van der Waals surface area (Å²) >= 11 is 0. The molecule has 2 N–H and O–H groups in total. The van der Waals surface area contributed by atoms with Crippen LogP contribution in [0.3, 0.4) is 0 Å². The predicted molar refractivity (Wildman–Crippen MR) is 77.2 cm³/mol. The maximum absolute atomic E-state index is 13.5. The Morgan fingerprint density at radius 3 is 2.63 bits per heavy atom. The monoisotopic (exact) mass is 263 g/mol. The third kappa shape index (κ3) is 2.68. The first-order chi connectivity index (χ1) is 8.94. The van der Waals surface area contributed by atoms with E-state index in [4.69, 9.17) is 5.73 Å². The van der Waals surface area contributed by atoms with Gasteiger partial charge in [-0.2, -0.15) is 0 Å². The summed E-state index contributed by atoms with van der Waals surface area (Å²) in [7, 11) is 0. The van der Waals surface area contributed by atoms with E-state index in [2.05, 4.69) is 9.80 Å². The van der Waals surface area contributed by atoms with Crippen LogP contribution in [-0.4, -0.2) is 31.2 Å². The van der Waals surface area contributed by atoms with Crippen molar-refractivity contribution in [1.29, 1.82) is 0 Å². The van der Waals surface area contributed by atoms with E-state index >= 15 is 0 Å². The Hall–Kier alpha value is -1.29. The lowest BCUT2D eigenvalue weighted by atomic mass is 10.0. The van der Waals surface area contributed by atoms with Crippen LogP contribution in [0, 0.1) is 5.82 Å². The SMILES string of the molecule is CC(C)(N)CN1CCN(C2CC2)c2cc(F)ccc21. The van der Waals surface area contributed by atoms with Gasteiger partial charge < -0.3 is 15.5 Å². The summed E-state index contributed by atoms with van der Waals surface area (Å²) in [5.74, 6) is -0.154. The molecule has 3 rings (SSSR count). The molecule has 1 aromatic rings. The average Bonchev–Trinajstić information content (AvgIpc) is 3.11. The summed E-state index contributed by atoms with van der Waals surface area (Å²) in [6, 6.07) is 5.73. The highest BCUT2D eigenvalue weighted by atomic mass is 19.1. The van der Waals surface area contributed by atoms with Crippen molar-refractivity contribution in [2.75, 3.05) is 29.4 Å². The number of hydrogen-bond donors (Lipinski definition) is 1. The molecule has 4 heteroatoms. The highest BCUT2D eigenvalue weighted by molar-refractivity contribution is 5.74. The molecule has 2 aliphatic rings. The Morgan fingerprint density at radius 2 is 2.00 bits per heavy atom. The Bertz CT molecular complexity index is 477. The van der Waals surface area contributed by atoms with E-state index in [1.54, 1.807) is 12.1 Å². The van der Waals surface area contributed by atoms with E-state index in [1.165, 1.54) is 12.8 Å². The molecule has 0 amide bonds. The van der Waals surface area contributed by atoms with Gasteiger partial charge in [0.25, 0.3) is 0 Å². The molecular weight excluding hydrogens is 241 g/mol. The maximum atomic E-state index is 13.5. The third-order valence-corrected chi connectivity index (χ3v) is 3.78. The lowest BCUT2D eigenvalue weighted by Crippen LogP contribution is -2.50. The molecule has 1 saturated carbocycles. The molecule has 0 radical (unpaired) electrons. The summed E-state index contributed by atoms with van der Waals surface area (Å²) in [6.45, 7) is 6.80. The number of anilines is 2. The quantitative estimate of drug-likeness (QED) is 0.908. The van der Waals surface area contributed by atoms with Gasteiger partial charge >= 0.3 is 0 Å². The van der Waals surface area contributed by atoms with Crippen LogP contribution >= 0.6 is 0 Å². The number of hydrogen-bond acceptors (Lipinski definition) is 3. The van der Waals surface area contributed by atoms with E-state index in [-0.39, 0.29) is 11.4 Å². The number of halogens is 1. The highest BCUT2D eigenvalue weighted by Crippen LogP contribution is 2.40. The van der Waals surface area contributed by atoms with Crippen LogP contribution in [0.2, 0.25) is 0 Å². The molecule has 0 spiro atoms. The summed E-state index contributed by atoms with van der Waals surface area (Å²) in [5.41, 5.74) is 8.05. The molecule has 1 aliphatic heterocycles. The van der Waals surface area contributed by atoms with Crippen molar-refractivity contribution in [2.45, 2.75) is 38.3 Å². The van der Waals surface area contributed by atoms with Crippen molar-refractivity contribution < 1.29 is 4.39 Å². The number of nitrogens with two attached hydrogens (primary N) is 1. The van der Waals surface area contributed by atoms with Crippen molar-refractivity contribution in [3.05, 3.63) is 24.0 Å². The average molecular weight is 263 g/mol. The third-order valence-electron chi connectivity index (χ3n) is 3.78. The Morgan fingerprint density at radius 1 is 1.26 bits per heavy atom. The smallest absolute Gasteiger partial charge is 0.125 e. The van der Waals surface area contributed by atoms with Crippen LogP contribution in [-0.2, 0) is 0 Å². The summed E-state index contributed by atoms with van der Waals surface area (Å²) in [5, 5.41) is 0. The normalized spacial score (nSPS) is 19.6. The predicted octanol–water partition coefficient (Wildman–Crippen LogP) is 2.35. The number of fused-ring (bicyclic) bond motifs is 1. The van der Waals surface area contributed by atoms with Gasteiger partial charge in [0.2, 0.25) is 0 Å². The van der Waals surface area contributed by atoms with Crippen molar-refractivity contribution in [2.24, 2.45) is 5.73 Å². The fraction of sp³-hybridized carbons (Fsp3) is 0.600. The van der Waals surface area contributed by atoms with Gasteiger partial charge in [-0.05, 0) is 44.9 Å². The van der Waals surface area contributed by atoms with Gasteiger partial charge in [0, 0.05) is 31.2 Å². The fourth-order valence-corrected chi connectivity index (χ4v) is 2.89. The van der Waals surface area contributed by atoms with E-state index in [9.17, 15) is 4.39 Å². The van der Waals surface area contributed by atoms with Crippen LogP contribution in [0.15, 0.2) is 18.2 Å². The molecule has 1 heterocycles. The van der Waals surface area contributed by atoms with Gasteiger partial charge in [0.1, 0.15) is 5.82 Å². The largest absolute Gasteiger partial charge is 0.366 e. The lowest BCUT2D eigenvalue weighted by Gasteiger charge is -2.41. The first-order valence-corrected chi connectivity index (χ1v) is 7.04. The van der Waals surface area contributed by atoms with Gasteiger partial charge in [-0.3, -0.25) is 0 Å². The molecule has 0 bridgehead atoms. The van der Waals surface area contributed by atoms with Gasteiger partial charge in [-0.1, -0.05) is 0 Å². The van der Waals surface area contributed by atoms with Gasteiger partial charge in [-0.15, -0.1) is 0 Å². The molecule has 1 aromatic carbocycles. The molecule has 0 saturated heterocycles.